The Morgan fingerprint density at radius 1 is 0.431 bits per heavy atom. The number of phenols is 2. The van der Waals surface area contributed by atoms with Crippen LogP contribution < -0.4 is 9.47 Å². The average molecular weight is 777 g/mol. The molecule has 0 aliphatic heterocycles. The number of rotatable bonds is 16. The number of Topliss-reactive ketones (excluding diaryl/α,β-unsaturated/α-hetero) is 1. The van der Waals surface area contributed by atoms with E-state index in [4.69, 9.17) is 9.47 Å². The van der Waals surface area contributed by atoms with Crippen LogP contribution in [0, 0.1) is 0 Å². The Kier molecular flexibility index (Phi) is 18.6. The Morgan fingerprint density at radius 3 is 1.21 bits per heavy atom. The maximum absolute atomic E-state index is 12.2. The molecule has 6 heteroatoms. The molecule has 6 nitrogen and oxygen atoms in total. The normalized spacial score (nSPS) is 10.8. The van der Waals surface area contributed by atoms with Crippen molar-refractivity contribution in [2.24, 2.45) is 0 Å². The van der Waals surface area contributed by atoms with E-state index in [1.807, 2.05) is 79.7 Å². The minimum atomic E-state index is -0.0647. The van der Waals surface area contributed by atoms with Gasteiger partial charge >= 0.3 is 0 Å². The molecule has 6 rings (SSSR count). The van der Waals surface area contributed by atoms with Crippen molar-refractivity contribution in [3.8, 4) is 23.0 Å². The van der Waals surface area contributed by atoms with Crippen molar-refractivity contribution < 1.29 is 29.3 Å². The van der Waals surface area contributed by atoms with Gasteiger partial charge in [-0.3, -0.25) is 9.59 Å². The number of hydrogen-bond acceptors (Lipinski definition) is 6. The Morgan fingerprint density at radius 2 is 0.810 bits per heavy atom. The molecule has 2 N–H and O–H groups in total. The molecular formula is C52H56O6. The molecule has 0 aliphatic carbocycles. The zero-order chi connectivity index (χ0) is 41.5. The maximum atomic E-state index is 12.2. The molecule has 6 aromatic rings. The first kappa shape index (κ1) is 44.3. The van der Waals surface area contributed by atoms with Gasteiger partial charge in [0.15, 0.2) is 11.6 Å². The first-order chi connectivity index (χ1) is 28.3. The minimum absolute atomic E-state index is 0.0647. The number of aromatic hydroxyl groups is 2. The highest BCUT2D eigenvalue weighted by molar-refractivity contribution is 6.09. The maximum Gasteiger partial charge on any atom is 0.193 e. The van der Waals surface area contributed by atoms with Gasteiger partial charge in [0.2, 0.25) is 0 Å². The summed E-state index contributed by atoms with van der Waals surface area (Å²) in [6, 6.07) is 49.0. The molecule has 0 aliphatic rings. The van der Waals surface area contributed by atoms with Gasteiger partial charge in [-0.1, -0.05) is 125 Å². The number of carbonyl (C=O) groups is 2. The molecule has 0 saturated heterocycles. The Hall–Kier alpha value is -6.40. The molecule has 0 radical (unpaired) electrons. The smallest absolute Gasteiger partial charge is 0.193 e. The first-order valence-electron chi connectivity index (χ1n) is 20.2. The fraction of sp³-hybridized carbons (Fsp3) is 0.231. The van der Waals surface area contributed by atoms with Gasteiger partial charge in [-0.25, -0.2) is 0 Å². The van der Waals surface area contributed by atoms with Gasteiger partial charge in [-0.2, -0.15) is 0 Å². The molecule has 0 amide bonds. The van der Waals surface area contributed by atoms with E-state index in [1.54, 1.807) is 36.4 Å². The summed E-state index contributed by atoms with van der Waals surface area (Å²) in [5.74, 6) is 2.26. The number of benzene rings is 6. The van der Waals surface area contributed by atoms with Gasteiger partial charge in [-0.05, 0) is 120 Å². The summed E-state index contributed by atoms with van der Waals surface area (Å²) >= 11 is 0. The van der Waals surface area contributed by atoms with Crippen LogP contribution in [0.2, 0.25) is 0 Å². The molecule has 0 bridgehead atoms. The van der Waals surface area contributed by atoms with Crippen molar-refractivity contribution in [3.63, 3.8) is 0 Å². The number of carbonyl (C=O) groups excluding carboxylic acids is 2. The monoisotopic (exact) mass is 776 g/mol. The first-order valence-corrected chi connectivity index (χ1v) is 20.2. The topological polar surface area (TPSA) is 93.1 Å². The molecule has 0 fully saturated rings. The molecule has 58 heavy (non-hydrogen) atoms. The Balaban J connectivity index is 0.000000215. The van der Waals surface area contributed by atoms with E-state index >= 15 is 0 Å². The second-order valence-corrected chi connectivity index (χ2v) is 13.6. The van der Waals surface area contributed by atoms with Crippen molar-refractivity contribution in [3.05, 3.63) is 191 Å². The highest BCUT2D eigenvalue weighted by Gasteiger charge is 2.14. The summed E-state index contributed by atoms with van der Waals surface area (Å²) in [6.45, 7) is 9.78. The number of hydrogen-bond donors (Lipinski definition) is 2. The van der Waals surface area contributed by atoms with Crippen LogP contribution >= 0.6 is 0 Å². The number of ketones is 2. The standard InChI is InChI=1S/C26H28O2.C17H18O3.C9H10O/c1-3-5-19-28-24-17-13-22(14-18-24)26(21-11-15-23(27)16-12-21)25(4-2)20-9-7-6-8-10-20;1-2-3-12-20-16-10-6-14(7-11-16)17(19)13-4-8-15(18)9-5-13;1-2-9(10)8-6-4-3-5-7-8/h6-18,27H,3-5,19H2,1-2H3;4-11,18H,2-3,12H2,1H3;3-7H,2H2,1H3. The molecule has 0 atom stereocenters. The van der Waals surface area contributed by atoms with Crippen molar-refractivity contribution in [1.82, 2.24) is 0 Å². The molecule has 6 aromatic carbocycles. The second-order valence-electron chi connectivity index (χ2n) is 13.6. The number of ether oxygens (including phenoxy) is 2. The summed E-state index contributed by atoms with van der Waals surface area (Å²) in [4.78, 5) is 23.2. The van der Waals surface area contributed by atoms with Crippen LogP contribution in [0.5, 0.6) is 23.0 Å². The molecule has 0 spiro atoms. The summed E-state index contributed by atoms with van der Waals surface area (Å²) in [5, 5.41) is 18.9. The summed E-state index contributed by atoms with van der Waals surface area (Å²) in [7, 11) is 0. The predicted molar refractivity (Wildman–Crippen MR) is 237 cm³/mol. The van der Waals surface area contributed by atoms with Gasteiger partial charge in [-0.15, -0.1) is 0 Å². The van der Waals surface area contributed by atoms with Crippen LogP contribution in [0.1, 0.15) is 109 Å². The lowest BCUT2D eigenvalue weighted by Crippen LogP contribution is -2.01. The van der Waals surface area contributed by atoms with Gasteiger partial charge in [0.25, 0.3) is 0 Å². The highest BCUT2D eigenvalue weighted by atomic mass is 16.5. The van der Waals surface area contributed by atoms with Crippen LogP contribution in [0.25, 0.3) is 11.1 Å². The largest absolute Gasteiger partial charge is 0.508 e. The fourth-order valence-electron chi connectivity index (χ4n) is 6.00. The predicted octanol–water partition coefficient (Wildman–Crippen LogP) is 13.0. The van der Waals surface area contributed by atoms with E-state index in [-0.39, 0.29) is 23.1 Å². The highest BCUT2D eigenvalue weighted by Crippen LogP contribution is 2.35. The van der Waals surface area contributed by atoms with Crippen LogP contribution in [-0.4, -0.2) is 35.0 Å². The third-order valence-electron chi connectivity index (χ3n) is 9.27. The van der Waals surface area contributed by atoms with E-state index < -0.39 is 0 Å². The van der Waals surface area contributed by atoms with Crippen molar-refractivity contribution in [1.29, 1.82) is 0 Å². The third kappa shape index (κ3) is 14.0. The van der Waals surface area contributed by atoms with E-state index in [0.717, 1.165) is 66.9 Å². The van der Waals surface area contributed by atoms with E-state index in [0.29, 0.717) is 24.2 Å². The molecule has 0 saturated carbocycles. The van der Waals surface area contributed by atoms with Crippen LogP contribution in [0.4, 0.5) is 0 Å². The van der Waals surface area contributed by atoms with Crippen LogP contribution in [-0.2, 0) is 0 Å². The van der Waals surface area contributed by atoms with Crippen LogP contribution in [0.3, 0.4) is 0 Å². The average Bonchev–Trinajstić information content (AvgIpc) is 3.27. The Labute approximate surface area is 344 Å². The molecular weight excluding hydrogens is 721 g/mol. The second kappa shape index (κ2) is 24.3. The van der Waals surface area contributed by atoms with Crippen LogP contribution in [0.15, 0.2) is 158 Å². The third-order valence-corrected chi connectivity index (χ3v) is 9.27. The van der Waals surface area contributed by atoms with E-state index in [1.165, 1.54) is 28.8 Å². The quantitative estimate of drug-likeness (QED) is 0.0578. The minimum Gasteiger partial charge on any atom is -0.508 e. The fourth-order valence-corrected chi connectivity index (χ4v) is 6.00. The Bertz CT molecular complexity index is 2120. The van der Waals surface area contributed by atoms with Gasteiger partial charge in [0, 0.05) is 23.1 Å². The lowest BCUT2D eigenvalue weighted by atomic mass is 9.88. The molecule has 300 valence electrons. The lowest BCUT2D eigenvalue weighted by Gasteiger charge is -2.17. The molecule has 0 heterocycles. The SMILES string of the molecule is CCC(=O)c1ccccc1.CCCCOc1ccc(C(=C(CC)c2ccccc2)c2ccc(O)cc2)cc1.CCCCOc1ccc(C(=O)c2ccc(O)cc2)cc1. The zero-order valence-corrected chi connectivity index (χ0v) is 34.2. The van der Waals surface area contributed by atoms with E-state index in [9.17, 15) is 19.8 Å². The summed E-state index contributed by atoms with van der Waals surface area (Å²) in [6.07, 6.45) is 5.81. The zero-order valence-electron chi connectivity index (χ0n) is 34.2. The number of phenolic OH excluding ortho intramolecular Hbond substituents is 2. The van der Waals surface area contributed by atoms with Gasteiger partial charge in [0.05, 0.1) is 13.2 Å². The van der Waals surface area contributed by atoms with E-state index in [2.05, 4.69) is 57.2 Å². The number of allylic oxidation sites excluding steroid dienone is 1. The van der Waals surface area contributed by atoms with Crippen molar-refractivity contribution in [2.75, 3.05) is 13.2 Å². The lowest BCUT2D eigenvalue weighted by molar-refractivity contribution is 0.0987. The van der Waals surface area contributed by atoms with Crippen molar-refractivity contribution >= 4 is 22.7 Å². The van der Waals surface area contributed by atoms with Crippen molar-refractivity contribution in [2.45, 2.75) is 66.2 Å². The molecule has 0 aromatic heterocycles. The number of unbranched alkanes of at least 4 members (excludes halogenated alkanes) is 2. The van der Waals surface area contributed by atoms with Gasteiger partial charge in [0.1, 0.15) is 23.0 Å². The van der Waals surface area contributed by atoms with Gasteiger partial charge < -0.3 is 19.7 Å². The molecule has 0 unspecified atom stereocenters. The summed E-state index contributed by atoms with van der Waals surface area (Å²) < 4.78 is 11.4. The summed E-state index contributed by atoms with van der Waals surface area (Å²) in [5.41, 5.74) is 7.91.